The van der Waals surface area contributed by atoms with Gasteiger partial charge in [-0.25, -0.2) is 9.59 Å². The highest BCUT2D eigenvalue weighted by atomic mass is 16.5. The van der Waals surface area contributed by atoms with Gasteiger partial charge in [-0.1, -0.05) is 36.4 Å². The molecule has 0 N–H and O–H groups in total. The first-order valence-electron chi connectivity index (χ1n) is 6.25. The van der Waals surface area contributed by atoms with E-state index in [2.05, 4.69) is 4.74 Å². The van der Waals surface area contributed by atoms with Crippen LogP contribution in [0.1, 0.15) is 6.92 Å². The molecule has 0 radical (unpaired) electrons. The van der Waals surface area contributed by atoms with Crippen molar-refractivity contribution in [1.29, 1.82) is 0 Å². The summed E-state index contributed by atoms with van der Waals surface area (Å²) in [6, 6.07) is 13.0. The van der Waals surface area contributed by atoms with E-state index in [1.54, 1.807) is 19.1 Å². The Hall–Kier alpha value is -2.62. The summed E-state index contributed by atoms with van der Waals surface area (Å²) in [5.74, 6) is -0.724. The average Bonchev–Trinajstić information content (AvgIpc) is 2.46. The SMILES string of the molecule is CCOC(=O)/C=C/C(=O)Oc1cccc2ccccc12. The summed E-state index contributed by atoms with van der Waals surface area (Å²) in [5.41, 5.74) is 0. The molecule has 0 aliphatic rings. The molecule has 102 valence electrons. The molecule has 0 amide bonds. The zero-order chi connectivity index (χ0) is 14.4. The molecule has 0 saturated carbocycles. The van der Waals surface area contributed by atoms with Crippen molar-refractivity contribution in [1.82, 2.24) is 0 Å². The number of carbonyl (C=O) groups is 2. The van der Waals surface area contributed by atoms with Crippen LogP contribution in [0, 0.1) is 0 Å². The number of esters is 2. The number of ether oxygens (including phenoxy) is 2. The maximum atomic E-state index is 11.6. The topological polar surface area (TPSA) is 52.6 Å². The lowest BCUT2D eigenvalue weighted by atomic mass is 10.1. The standard InChI is InChI=1S/C16H14O4/c1-2-19-15(17)10-11-16(18)20-14-9-5-7-12-6-3-4-8-13(12)14/h3-11H,2H2,1H3/b11-10+. The molecule has 0 atom stereocenters. The number of fused-ring (bicyclic) bond motifs is 1. The fraction of sp³-hybridized carbons (Fsp3) is 0.125. The summed E-state index contributed by atoms with van der Waals surface area (Å²) in [6.07, 6.45) is 2.11. The van der Waals surface area contributed by atoms with E-state index in [-0.39, 0.29) is 6.61 Å². The second-order valence-electron chi connectivity index (χ2n) is 3.98. The molecule has 0 aliphatic carbocycles. The van der Waals surface area contributed by atoms with Gasteiger partial charge in [-0.15, -0.1) is 0 Å². The molecule has 0 fully saturated rings. The number of hydrogen-bond acceptors (Lipinski definition) is 4. The summed E-state index contributed by atoms with van der Waals surface area (Å²) in [6.45, 7) is 1.96. The predicted octanol–water partition coefficient (Wildman–Crippen LogP) is 2.86. The van der Waals surface area contributed by atoms with E-state index in [1.807, 2.05) is 30.3 Å². The maximum Gasteiger partial charge on any atom is 0.336 e. The van der Waals surface area contributed by atoms with E-state index in [0.29, 0.717) is 5.75 Å². The highest BCUT2D eigenvalue weighted by Gasteiger charge is 2.05. The van der Waals surface area contributed by atoms with Gasteiger partial charge in [-0.05, 0) is 18.4 Å². The number of hydrogen-bond donors (Lipinski definition) is 0. The zero-order valence-electron chi connectivity index (χ0n) is 11.0. The van der Waals surface area contributed by atoms with Crippen LogP contribution >= 0.6 is 0 Å². The van der Waals surface area contributed by atoms with Gasteiger partial charge in [0.25, 0.3) is 0 Å². The van der Waals surface area contributed by atoms with Crippen molar-refractivity contribution in [3.05, 3.63) is 54.6 Å². The van der Waals surface area contributed by atoms with Crippen LogP contribution < -0.4 is 4.74 Å². The molecule has 0 saturated heterocycles. The summed E-state index contributed by atoms with van der Waals surface area (Å²) in [7, 11) is 0. The van der Waals surface area contributed by atoms with Crippen molar-refractivity contribution in [2.24, 2.45) is 0 Å². The fourth-order valence-electron chi connectivity index (χ4n) is 1.75. The molecule has 2 aromatic carbocycles. The highest BCUT2D eigenvalue weighted by molar-refractivity contribution is 5.95. The van der Waals surface area contributed by atoms with Crippen LogP contribution in [0.5, 0.6) is 5.75 Å². The molecule has 0 spiro atoms. The summed E-state index contributed by atoms with van der Waals surface area (Å²) < 4.78 is 9.90. The average molecular weight is 270 g/mol. The quantitative estimate of drug-likeness (QED) is 0.487. The summed E-state index contributed by atoms with van der Waals surface area (Å²) in [4.78, 5) is 22.7. The van der Waals surface area contributed by atoms with Gasteiger partial charge in [0.15, 0.2) is 0 Å². The minimum Gasteiger partial charge on any atom is -0.463 e. The van der Waals surface area contributed by atoms with Crippen molar-refractivity contribution in [2.45, 2.75) is 6.92 Å². The maximum absolute atomic E-state index is 11.6. The third-order valence-electron chi connectivity index (χ3n) is 2.60. The molecule has 0 aliphatic heterocycles. The Morgan fingerprint density at radius 2 is 1.70 bits per heavy atom. The molecule has 4 nitrogen and oxygen atoms in total. The van der Waals surface area contributed by atoms with Crippen molar-refractivity contribution >= 4 is 22.7 Å². The Bertz CT molecular complexity index is 653. The van der Waals surface area contributed by atoms with Crippen LogP contribution in [0.3, 0.4) is 0 Å². The summed E-state index contributed by atoms with van der Waals surface area (Å²) >= 11 is 0. The van der Waals surface area contributed by atoms with Crippen molar-refractivity contribution < 1.29 is 19.1 Å². The normalized spacial score (nSPS) is 10.7. The molecule has 0 unspecified atom stereocenters. The Morgan fingerprint density at radius 3 is 2.50 bits per heavy atom. The molecule has 2 rings (SSSR count). The van der Waals surface area contributed by atoms with Crippen LogP contribution in [-0.4, -0.2) is 18.5 Å². The molecule has 0 bridgehead atoms. The fourth-order valence-corrected chi connectivity index (χ4v) is 1.75. The first-order valence-corrected chi connectivity index (χ1v) is 6.25. The molecule has 2 aromatic rings. The van der Waals surface area contributed by atoms with Gasteiger partial charge in [0, 0.05) is 17.5 Å². The van der Waals surface area contributed by atoms with Crippen molar-refractivity contribution in [3.8, 4) is 5.75 Å². The molecule has 0 aromatic heterocycles. The first kappa shape index (κ1) is 13.8. The number of carbonyl (C=O) groups excluding carboxylic acids is 2. The third kappa shape index (κ3) is 3.45. The molecule has 20 heavy (non-hydrogen) atoms. The second-order valence-corrected chi connectivity index (χ2v) is 3.98. The van der Waals surface area contributed by atoms with E-state index in [1.165, 1.54) is 0 Å². The molecular formula is C16H14O4. The van der Waals surface area contributed by atoms with Gasteiger partial charge < -0.3 is 9.47 Å². The lowest BCUT2D eigenvalue weighted by Gasteiger charge is -2.05. The minimum atomic E-state index is -0.616. The van der Waals surface area contributed by atoms with Crippen LogP contribution in [0.15, 0.2) is 54.6 Å². The van der Waals surface area contributed by atoms with E-state index in [9.17, 15) is 9.59 Å². The summed E-state index contributed by atoms with van der Waals surface area (Å²) in [5, 5.41) is 1.82. The van der Waals surface area contributed by atoms with Crippen molar-refractivity contribution in [2.75, 3.05) is 6.61 Å². The lowest BCUT2D eigenvalue weighted by Crippen LogP contribution is -2.06. The minimum absolute atomic E-state index is 0.265. The largest absolute Gasteiger partial charge is 0.463 e. The third-order valence-corrected chi connectivity index (χ3v) is 2.60. The van der Waals surface area contributed by atoms with Gasteiger partial charge in [0.1, 0.15) is 5.75 Å². The molecular weight excluding hydrogens is 256 g/mol. The van der Waals surface area contributed by atoms with E-state index >= 15 is 0 Å². The van der Waals surface area contributed by atoms with Gasteiger partial charge >= 0.3 is 11.9 Å². The van der Waals surface area contributed by atoms with Gasteiger partial charge in [0.05, 0.1) is 6.61 Å². The van der Waals surface area contributed by atoms with Crippen LogP contribution in [0.4, 0.5) is 0 Å². The van der Waals surface area contributed by atoms with E-state index < -0.39 is 11.9 Å². The Balaban J connectivity index is 2.12. The van der Waals surface area contributed by atoms with Gasteiger partial charge in [0.2, 0.25) is 0 Å². The smallest absolute Gasteiger partial charge is 0.336 e. The zero-order valence-corrected chi connectivity index (χ0v) is 11.0. The van der Waals surface area contributed by atoms with E-state index in [4.69, 9.17) is 4.74 Å². The van der Waals surface area contributed by atoms with Gasteiger partial charge in [-0.3, -0.25) is 0 Å². The van der Waals surface area contributed by atoms with Gasteiger partial charge in [-0.2, -0.15) is 0 Å². The van der Waals surface area contributed by atoms with Crippen LogP contribution in [0.25, 0.3) is 10.8 Å². The van der Waals surface area contributed by atoms with Crippen LogP contribution in [0.2, 0.25) is 0 Å². The molecule has 4 heteroatoms. The predicted molar refractivity (Wildman–Crippen MR) is 75.4 cm³/mol. The van der Waals surface area contributed by atoms with Crippen LogP contribution in [-0.2, 0) is 14.3 Å². The Morgan fingerprint density at radius 1 is 1.00 bits per heavy atom. The van der Waals surface area contributed by atoms with Crippen molar-refractivity contribution in [3.63, 3.8) is 0 Å². The number of benzene rings is 2. The number of rotatable bonds is 4. The highest BCUT2D eigenvalue weighted by Crippen LogP contribution is 2.25. The first-order chi connectivity index (χ1) is 9.70. The second kappa shape index (κ2) is 6.52. The Kier molecular flexibility index (Phi) is 4.50. The monoisotopic (exact) mass is 270 g/mol. The lowest BCUT2D eigenvalue weighted by molar-refractivity contribution is -0.138. The Labute approximate surface area is 116 Å². The van der Waals surface area contributed by atoms with E-state index in [0.717, 1.165) is 22.9 Å². The molecule has 0 heterocycles.